The van der Waals surface area contributed by atoms with Crippen LogP contribution in [0, 0.1) is 5.92 Å². The summed E-state index contributed by atoms with van der Waals surface area (Å²) >= 11 is 0. The molecule has 0 aliphatic heterocycles. The molecule has 0 saturated heterocycles. The fraction of sp³-hybridized carbons (Fsp3) is 0.556. The van der Waals surface area contributed by atoms with E-state index in [1.807, 2.05) is 38.1 Å². The summed E-state index contributed by atoms with van der Waals surface area (Å²) in [7, 11) is 0. The Kier molecular flexibility index (Phi) is 11.9. The quantitative estimate of drug-likeness (QED) is 0.546. The van der Waals surface area contributed by atoms with Crippen LogP contribution in [-0.4, -0.2) is 31.0 Å². The van der Waals surface area contributed by atoms with Crippen LogP contribution in [0.4, 0.5) is 0 Å². The molecule has 0 unspecified atom stereocenters. The maximum Gasteiger partial charge on any atom is 0.239 e. The van der Waals surface area contributed by atoms with Gasteiger partial charge in [0.2, 0.25) is 11.8 Å². The van der Waals surface area contributed by atoms with E-state index in [4.69, 9.17) is 10.5 Å². The maximum absolute atomic E-state index is 11.9. The molecule has 0 radical (unpaired) electrons. The van der Waals surface area contributed by atoms with E-state index in [9.17, 15) is 9.59 Å². The van der Waals surface area contributed by atoms with Gasteiger partial charge >= 0.3 is 0 Å². The first-order valence-electron chi connectivity index (χ1n) is 8.40. The van der Waals surface area contributed by atoms with Crippen LogP contribution in [0.15, 0.2) is 24.3 Å². The summed E-state index contributed by atoms with van der Waals surface area (Å²) in [5.74, 6) is -0.528. The number of ether oxygens (including phenoxy) is 1. The molecule has 0 aliphatic rings. The minimum absolute atomic E-state index is 0. The molecule has 0 aliphatic carbocycles. The summed E-state index contributed by atoms with van der Waals surface area (Å²) in [4.78, 5) is 23.6. The molecule has 2 amide bonds. The van der Waals surface area contributed by atoms with Gasteiger partial charge in [0.1, 0.15) is 0 Å². The highest BCUT2D eigenvalue weighted by atomic mass is 35.5. The van der Waals surface area contributed by atoms with Crippen LogP contribution >= 0.6 is 12.4 Å². The van der Waals surface area contributed by atoms with E-state index < -0.39 is 6.04 Å². The van der Waals surface area contributed by atoms with E-state index in [2.05, 4.69) is 17.6 Å². The summed E-state index contributed by atoms with van der Waals surface area (Å²) in [6.45, 7) is 7.35. The lowest BCUT2D eigenvalue weighted by Crippen LogP contribution is -2.47. The van der Waals surface area contributed by atoms with Crippen molar-refractivity contribution in [3.05, 3.63) is 35.4 Å². The molecule has 25 heavy (non-hydrogen) atoms. The SMILES string of the molecule is CCCOCc1ccccc1CNC(=O)CNC(=O)[C@@H](N)C(C)C.Cl. The third-order valence-corrected chi connectivity index (χ3v) is 3.64. The maximum atomic E-state index is 11.9. The lowest BCUT2D eigenvalue weighted by atomic mass is 10.1. The van der Waals surface area contributed by atoms with Crippen molar-refractivity contribution in [3.63, 3.8) is 0 Å². The second-order valence-corrected chi connectivity index (χ2v) is 6.09. The van der Waals surface area contributed by atoms with Crippen LogP contribution in [0.25, 0.3) is 0 Å². The second-order valence-electron chi connectivity index (χ2n) is 6.09. The summed E-state index contributed by atoms with van der Waals surface area (Å²) in [6, 6.07) is 7.21. The molecule has 1 aromatic carbocycles. The van der Waals surface area contributed by atoms with Gasteiger partial charge in [-0.25, -0.2) is 0 Å². The Morgan fingerprint density at radius 1 is 1.16 bits per heavy atom. The number of amides is 2. The average molecular weight is 372 g/mol. The highest BCUT2D eigenvalue weighted by Crippen LogP contribution is 2.10. The summed E-state index contributed by atoms with van der Waals surface area (Å²) in [5, 5.41) is 5.36. The Morgan fingerprint density at radius 3 is 2.40 bits per heavy atom. The third kappa shape index (κ3) is 8.86. The van der Waals surface area contributed by atoms with Crippen LogP contribution in [0.5, 0.6) is 0 Å². The van der Waals surface area contributed by atoms with E-state index in [0.717, 1.165) is 17.5 Å². The van der Waals surface area contributed by atoms with Gasteiger partial charge in [0, 0.05) is 13.2 Å². The van der Waals surface area contributed by atoms with Gasteiger partial charge < -0.3 is 21.1 Å². The van der Waals surface area contributed by atoms with Gasteiger partial charge in [-0.1, -0.05) is 45.0 Å². The van der Waals surface area contributed by atoms with Gasteiger partial charge in [0.15, 0.2) is 0 Å². The number of rotatable bonds is 10. The average Bonchev–Trinajstić information content (AvgIpc) is 2.58. The molecule has 1 rings (SSSR count). The van der Waals surface area contributed by atoms with Gasteiger partial charge in [0.05, 0.1) is 19.2 Å². The van der Waals surface area contributed by atoms with Gasteiger partial charge in [-0.15, -0.1) is 12.4 Å². The molecule has 0 heterocycles. The zero-order valence-corrected chi connectivity index (χ0v) is 16.0. The fourth-order valence-corrected chi connectivity index (χ4v) is 2.04. The molecule has 142 valence electrons. The molecule has 7 heteroatoms. The first-order valence-corrected chi connectivity index (χ1v) is 8.40. The molecule has 0 bridgehead atoms. The number of carbonyl (C=O) groups excluding carboxylic acids is 2. The Bertz CT molecular complexity index is 538. The number of halogens is 1. The molecular formula is C18H30ClN3O3. The molecule has 1 atom stereocenters. The molecule has 0 spiro atoms. The number of benzene rings is 1. The Labute approximate surface area is 156 Å². The van der Waals surface area contributed by atoms with E-state index in [-0.39, 0.29) is 36.7 Å². The summed E-state index contributed by atoms with van der Waals surface area (Å²) in [5.41, 5.74) is 7.79. The van der Waals surface area contributed by atoms with Crippen molar-refractivity contribution in [2.24, 2.45) is 11.7 Å². The van der Waals surface area contributed by atoms with Crippen LogP contribution < -0.4 is 16.4 Å². The Balaban J connectivity index is 0.00000576. The molecule has 0 aromatic heterocycles. The van der Waals surface area contributed by atoms with Crippen molar-refractivity contribution < 1.29 is 14.3 Å². The first-order chi connectivity index (χ1) is 11.5. The van der Waals surface area contributed by atoms with E-state index in [1.54, 1.807) is 0 Å². The van der Waals surface area contributed by atoms with Crippen LogP contribution in [-0.2, 0) is 27.5 Å². The monoisotopic (exact) mass is 371 g/mol. The molecule has 0 saturated carbocycles. The van der Waals surface area contributed by atoms with Crippen molar-refractivity contribution in [3.8, 4) is 0 Å². The van der Waals surface area contributed by atoms with Crippen molar-refractivity contribution in [1.29, 1.82) is 0 Å². The number of carbonyl (C=O) groups is 2. The smallest absolute Gasteiger partial charge is 0.239 e. The number of hydrogen-bond acceptors (Lipinski definition) is 4. The predicted octanol–water partition coefficient (Wildman–Crippen LogP) is 1.75. The molecule has 6 nitrogen and oxygen atoms in total. The fourth-order valence-electron chi connectivity index (χ4n) is 2.04. The minimum Gasteiger partial charge on any atom is -0.377 e. The van der Waals surface area contributed by atoms with Gasteiger partial charge in [-0.05, 0) is 23.5 Å². The first kappa shape index (κ1) is 23.4. The third-order valence-electron chi connectivity index (χ3n) is 3.64. The zero-order chi connectivity index (χ0) is 17.9. The lowest BCUT2D eigenvalue weighted by molar-refractivity contribution is -0.127. The van der Waals surface area contributed by atoms with Crippen molar-refractivity contribution in [1.82, 2.24) is 10.6 Å². The van der Waals surface area contributed by atoms with E-state index in [1.165, 1.54) is 0 Å². The van der Waals surface area contributed by atoms with Crippen molar-refractivity contribution in [2.45, 2.75) is 46.4 Å². The van der Waals surface area contributed by atoms with E-state index >= 15 is 0 Å². The molecule has 0 fully saturated rings. The number of hydrogen-bond donors (Lipinski definition) is 3. The zero-order valence-electron chi connectivity index (χ0n) is 15.2. The standard InChI is InChI=1S/C18H29N3O3.ClH/c1-4-9-24-12-15-8-6-5-7-14(15)10-20-16(22)11-21-18(23)17(19)13(2)3;/h5-8,13,17H,4,9-12,19H2,1-3H3,(H,20,22)(H,21,23);1H/t17-;/m0./s1. The number of nitrogens with one attached hydrogen (secondary N) is 2. The normalized spacial score (nSPS) is 11.6. The van der Waals surface area contributed by atoms with Crippen LogP contribution in [0.1, 0.15) is 38.3 Å². The highest BCUT2D eigenvalue weighted by molar-refractivity contribution is 5.87. The minimum atomic E-state index is -0.603. The second kappa shape index (κ2) is 12.7. The topological polar surface area (TPSA) is 93.5 Å². The molecule has 1 aromatic rings. The molecule has 4 N–H and O–H groups in total. The lowest BCUT2D eigenvalue weighted by Gasteiger charge is -2.15. The van der Waals surface area contributed by atoms with Gasteiger partial charge in [-0.2, -0.15) is 0 Å². The highest BCUT2D eigenvalue weighted by Gasteiger charge is 2.17. The van der Waals surface area contributed by atoms with Crippen LogP contribution in [0.3, 0.4) is 0 Å². The van der Waals surface area contributed by atoms with Gasteiger partial charge in [0.25, 0.3) is 0 Å². The largest absolute Gasteiger partial charge is 0.377 e. The Morgan fingerprint density at radius 2 is 1.80 bits per heavy atom. The van der Waals surface area contributed by atoms with Crippen molar-refractivity contribution >= 4 is 24.2 Å². The van der Waals surface area contributed by atoms with Crippen LogP contribution in [0.2, 0.25) is 0 Å². The van der Waals surface area contributed by atoms with E-state index in [0.29, 0.717) is 19.8 Å². The summed E-state index contributed by atoms with van der Waals surface area (Å²) in [6.07, 6.45) is 0.969. The number of nitrogens with two attached hydrogens (primary N) is 1. The molecular weight excluding hydrogens is 342 g/mol. The predicted molar refractivity (Wildman–Crippen MR) is 101 cm³/mol. The van der Waals surface area contributed by atoms with Gasteiger partial charge in [-0.3, -0.25) is 9.59 Å². The Hall–Kier alpha value is -1.63. The van der Waals surface area contributed by atoms with Crippen molar-refractivity contribution in [2.75, 3.05) is 13.2 Å². The summed E-state index contributed by atoms with van der Waals surface area (Å²) < 4.78 is 5.56.